The molecule has 1 aromatic carbocycles. The molecule has 4 heteroatoms. The molecule has 2 unspecified atom stereocenters. The molecule has 0 radical (unpaired) electrons. The van der Waals surface area contributed by atoms with E-state index in [0.29, 0.717) is 0 Å². The molecule has 2 atom stereocenters. The molecule has 122 valence electrons. The number of para-hydroxylation sites is 1. The number of nitrogens with zero attached hydrogens (tertiary/aromatic N) is 1. The second kappa shape index (κ2) is 8.79. The number of hydrogen-bond donors (Lipinski definition) is 2. The fourth-order valence-corrected chi connectivity index (χ4v) is 3.11. The number of nitrogens with two attached hydrogens (primary N) is 1. The minimum Gasteiger partial charge on any atom is -0.375 e. The number of hydrogen-bond acceptors (Lipinski definition) is 3. The van der Waals surface area contributed by atoms with Crippen molar-refractivity contribution in [2.45, 2.75) is 44.6 Å². The van der Waals surface area contributed by atoms with E-state index in [2.05, 4.69) is 41.5 Å². The lowest BCUT2D eigenvalue weighted by Gasteiger charge is -2.25. The maximum Gasteiger partial charge on any atom is 0.223 e. The van der Waals surface area contributed by atoms with Crippen LogP contribution in [0.25, 0.3) is 0 Å². The molecule has 1 aliphatic rings. The second-order valence-electron chi connectivity index (χ2n) is 6.38. The van der Waals surface area contributed by atoms with Gasteiger partial charge in [-0.3, -0.25) is 4.79 Å². The number of carbonyl (C=O) groups is 1. The van der Waals surface area contributed by atoms with Gasteiger partial charge in [0, 0.05) is 37.8 Å². The Morgan fingerprint density at radius 1 is 1.27 bits per heavy atom. The van der Waals surface area contributed by atoms with Gasteiger partial charge in [0.25, 0.3) is 0 Å². The van der Waals surface area contributed by atoms with E-state index in [0.717, 1.165) is 51.6 Å². The van der Waals surface area contributed by atoms with Crippen LogP contribution in [0.5, 0.6) is 0 Å². The van der Waals surface area contributed by atoms with Crippen molar-refractivity contribution in [3.8, 4) is 0 Å². The van der Waals surface area contributed by atoms with Crippen LogP contribution in [0, 0.1) is 5.92 Å². The summed E-state index contributed by atoms with van der Waals surface area (Å²) in [7, 11) is 2.11. The molecule has 1 amide bonds. The number of carbonyl (C=O) groups excluding carboxylic acids is 1. The summed E-state index contributed by atoms with van der Waals surface area (Å²) in [6.07, 6.45) is 6.09. The van der Waals surface area contributed by atoms with E-state index in [9.17, 15) is 4.79 Å². The summed E-state index contributed by atoms with van der Waals surface area (Å²) in [5.74, 6) is 0.335. The Morgan fingerprint density at radius 2 is 2.05 bits per heavy atom. The molecule has 1 aromatic rings. The van der Waals surface area contributed by atoms with Crippen molar-refractivity contribution in [1.29, 1.82) is 0 Å². The third-order valence-electron chi connectivity index (χ3n) is 4.50. The Bertz CT molecular complexity index is 449. The van der Waals surface area contributed by atoms with Gasteiger partial charge < -0.3 is 16.0 Å². The van der Waals surface area contributed by atoms with Crippen molar-refractivity contribution < 1.29 is 4.79 Å². The third-order valence-corrected chi connectivity index (χ3v) is 4.50. The molecule has 1 saturated carbocycles. The summed E-state index contributed by atoms with van der Waals surface area (Å²) in [5.41, 5.74) is 7.18. The first-order valence-corrected chi connectivity index (χ1v) is 8.46. The molecule has 0 saturated heterocycles. The average Bonchev–Trinajstić information content (AvgIpc) is 2.55. The maximum atomic E-state index is 12.1. The Balaban J connectivity index is 1.58. The van der Waals surface area contributed by atoms with E-state index in [4.69, 9.17) is 5.73 Å². The van der Waals surface area contributed by atoms with Crippen molar-refractivity contribution in [3.05, 3.63) is 30.3 Å². The molecule has 1 aliphatic carbocycles. The van der Waals surface area contributed by atoms with Gasteiger partial charge in [-0.25, -0.2) is 0 Å². The largest absolute Gasteiger partial charge is 0.375 e. The first kappa shape index (κ1) is 16.8. The van der Waals surface area contributed by atoms with Gasteiger partial charge in [0.05, 0.1) is 0 Å². The summed E-state index contributed by atoms with van der Waals surface area (Å²) < 4.78 is 0. The van der Waals surface area contributed by atoms with E-state index in [-0.39, 0.29) is 17.9 Å². The number of nitrogens with one attached hydrogen (secondary N) is 1. The van der Waals surface area contributed by atoms with Crippen molar-refractivity contribution in [3.63, 3.8) is 0 Å². The van der Waals surface area contributed by atoms with Gasteiger partial charge in [0.1, 0.15) is 0 Å². The van der Waals surface area contributed by atoms with Gasteiger partial charge in [-0.15, -0.1) is 0 Å². The van der Waals surface area contributed by atoms with Gasteiger partial charge in [-0.2, -0.15) is 0 Å². The molecule has 22 heavy (non-hydrogen) atoms. The zero-order chi connectivity index (χ0) is 15.8. The maximum absolute atomic E-state index is 12.1. The van der Waals surface area contributed by atoms with Crippen molar-refractivity contribution >= 4 is 11.6 Å². The number of amides is 1. The first-order valence-electron chi connectivity index (χ1n) is 8.46. The van der Waals surface area contributed by atoms with Crippen LogP contribution in [-0.2, 0) is 4.79 Å². The molecule has 0 bridgehead atoms. The second-order valence-corrected chi connectivity index (χ2v) is 6.38. The van der Waals surface area contributed by atoms with Crippen LogP contribution in [0.15, 0.2) is 30.3 Å². The minimum atomic E-state index is 0.135. The molecular weight excluding hydrogens is 274 g/mol. The number of anilines is 1. The molecule has 4 nitrogen and oxygen atoms in total. The van der Waals surface area contributed by atoms with Crippen LogP contribution >= 0.6 is 0 Å². The van der Waals surface area contributed by atoms with Crippen LogP contribution in [-0.4, -0.2) is 32.1 Å². The van der Waals surface area contributed by atoms with Crippen LogP contribution < -0.4 is 16.0 Å². The monoisotopic (exact) mass is 303 g/mol. The first-order chi connectivity index (χ1) is 10.7. The Labute approximate surface area is 134 Å². The van der Waals surface area contributed by atoms with Gasteiger partial charge in [0.15, 0.2) is 0 Å². The van der Waals surface area contributed by atoms with Gasteiger partial charge in [-0.05, 0) is 44.2 Å². The SMILES string of the molecule is CN(CCCCNC(=O)C1CCCC(N)C1)c1ccccc1. The average molecular weight is 303 g/mol. The summed E-state index contributed by atoms with van der Waals surface area (Å²) in [5, 5.41) is 3.07. The molecule has 1 fully saturated rings. The molecule has 0 spiro atoms. The molecule has 0 heterocycles. The van der Waals surface area contributed by atoms with E-state index in [1.807, 2.05) is 6.07 Å². The molecule has 2 rings (SSSR count). The summed E-state index contributed by atoms with van der Waals surface area (Å²) in [6, 6.07) is 10.6. The highest BCUT2D eigenvalue weighted by Gasteiger charge is 2.24. The quantitative estimate of drug-likeness (QED) is 0.761. The van der Waals surface area contributed by atoms with E-state index in [1.54, 1.807) is 0 Å². The van der Waals surface area contributed by atoms with Crippen LogP contribution in [0.3, 0.4) is 0 Å². The fourth-order valence-electron chi connectivity index (χ4n) is 3.11. The van der Waals surface area contributed by atoms with Gasteiger partial charge in [-0.1, -0.05) is 24.6 Å². The number of rotatable bonds is 7. The lowest BCUT2D eigenvalue weighted by molar-refractivity contribution is -0.126. The topological polar surface area (TPSA) is 58.4 Å². The standard InChI is InChI=1S/C18H29N3O/c1-21(17-10-3-2-4-11-17)13-6-5-12-20-18(22)15-8-7-9-16(19)14-15/h2-4,10-11,15-16H,5-9,12-14,19H2,1H3,(H,20,22). The van der Waals surface area contributed by atoms with Crippen LogP contribution in [0.1, 0.15) is 38.5 Å². The molecule has 0 aromatic heterocycles. The number of unbranched alkanes of at least 4 members (excludes halogenated alkanes) is 1. The Morgan fingerprint density at radius 3 is 2.77 bits per heavy atom. The number of benzene rings is 1. The zero-order valence-corrected chi connectivity index (χ0v) is 13.6. The van der Waals surface area contributed by atoms with Crippen molar-refractivity contribution in [1.82, 2.24) is 5.32 Å². The van der Waals surface area contributed by atoms with Crippen LogP contribution in [0.4, 0.5) is 5.69 Å². The molecular formula is C18H29N3O. The summed E-state index contributed by atoms with van der Waals surface area (Å²) in [4.78, 5) is 14.3. The smallest absolute Gasteiger partial charge is 0.223 e. The van der Waals surface area contributed by atoms with E-state index < -0.39 is 0 Å². The molecule has 0 aliphatic heterocycles. The lowest BCUT2D eigenvalue weighted by Crippen LogP contribution is -2.38. The summed E-state index contributed by atoms with van der Waals surface area (Å²) >= 11 is 0. The van der Waals surface area contributed by atoms with Gasteiger partial charge >= 0.3 is 0 Å². The fraction of sp³-hybridized carbons (Fsp3) is 0.611. The predicted molar refractivity (Wildman–Crippen MR) is 91.9 cm³/mol. The summed E-state index contributed by atoms with van der Waals surface area (Å²) in [6.45, 7) is 1.78. The zero-order valence-electron chi connectivity index (χ0n) is 13.6. The highest BCUT2D eigenvalue weighted by atomic mass is 16.1. The van der Waals surface area contributed by atoms with Crippen molar-refractivity contribution in [2.75, 3.05) is 25.0 Å². The van der Waals surface area contributed by atoms with Crippen molar-refractivity contribution in [2.24, 2.45) is 11.7 Å². The third kappa shape index (κ3) is 5.34. The minimum absolute atomic E-state index is 0.135. The normalized spacial score (nSPS) is 21.4. The highest BCUT2D eigenvalue weighted by Crippen LogP contribution is 2.23. The Hall–Kier alpha value is -1.55. The molecule has 3 N–H and O–H groups in total. The highest BCUT2D eigenvalue weighted by molar-refractivity contribution is 5.78. The van der Waals surface area contributed by atoms with Gasteiger partial charge in [0.2, 0.25) is 5.91 Å². The lowest BCUT2D eigenvalue weighted by atomic mass is 9.85. The van der Waals surface area contributed by atoms with E-state index in [1.165, 1.54) is 5.69 Å². The predicted octanol–water partition coefficient (Wildman–Crippen LogP) is 2.54. The Kier molecular flexibility index (Phi) is 6.72. The van der Waals surface area contributed by atoms with Crippen LogP contribution in [0.2, 0.25) is 0 Å². The van der Waals surface area contributed by atoms with E-state index >= 15 is 0 Å².